The van der Waals surface area contributed by atoms with Crippen LogP contribution in [-0.4, -0.2) is 18.9 Å². The number of nitrogens with two attached hydrogens (primary N) is 1. The van der Waals surface area contributed by atoms with Gasteiger partial charge in [0.1, 0.15) is 0 Å². The minimum atomic E-state index is -0.143. The molecule has 0 aromatic heterocycles. The van der Waals surface area contributed by atoms with Gasteiger partial charge < -0.3 is 16.0 Å². The fraction of sp³-hybridized carbons (Fsp3) is 0.364. The maximum atomic E-state index is 13.0. The van der Waals surface area contributed by atoms with Gasteiger partial charge in [0, 0.05) is 18.7 Å². The first kappa shape index (κ1) is 20.2. The van der Waals surface area contributed by atoms with E-state index in [0.29, 0.717) is 11.3 Å². The minimum absolute atomic E-state index is 0. The number of hydrogen-bond acceptors (Lipinski definition) is 3. The maximum Gasteiger partial charge on any atom is 0.253 e. The van der Waals surface area contributed by atoms with E-state index in [0.717, 1.165) is 43.4 Å². The summed E-state index contributed by atoms with van der Waals surface area (Å²) in [7, 11) is 1.76. The summed E-state index contributed by atoms with van der Waals surface area (Å²) in [5.74, 6) is 0.0613. The third kappa shape index (κ3) is 3.99. The number of nitrogen functional groups attached to an aromatic ring is 1. The SMILES string of the molecule is CN(C(=O)C1CC1)c1ccccc1C(=O)NC1CCCc2cc(N)ccc21.Cl. The van der Waals surface area contributed by atoms with Gasteiger partial charge in [0.05, 0.1) is 17.3 Å². The van der Waals surface area contributed by atoms with Crippen molar-refractivity contribution in [3.8, 4) is 0 Å². The van der Waals surface area contributed by atoms with E-state index >= 15 is 0 Å². The summed E-state index contributed by atoms with van der Waals surface area (Å²) in [6, 6.07) is 13.2. The molecule has 2 aliphatic rings. The molecule has 1 unspecified atom stereocenters. The van der Waals surface area contributed by atoms with Gasteiger partial charge in [-0.2, -0.15) is 0 Å². The Morgan fingerprint density at radius 3 is 2.61 bits per heavy atom. The third-order valence-electron chi connectivity index (χ3n) is 5.55. The van der Waals surface area contributed by atoms with Gasteiger partial charge >= 0.3 is 0 Å². The smallest absolute Gasteiger partial charge is 0.253 e. The quantitative estimate of drug-likeness (QED) is 0.766. The van der Waals surface area contributed by atoms with E-state index < -0.39 is 0 Å². The van der Waals surface area contributed by atoms with E-state index in [9.17, 15) is 9.59 Å². The Bertz CT molecular complexity index is 895. The molecule has 2 aromatic carbocycles. The lowest BCUT2D eigenvalue weighted by Crippen LogP contribution is -2.34. The normalized spacial score (nSPS) is 17.8. The number of nitrogens with zero attached hydrogens (tertiary/aromatic N) is 1. The van der Waals surface area contributed by atoms with Crippen LogP contribution < -0.4 is 16.0 Å². The Morgan fingerprint density at radius 1 is 1.11 bits per heavy atom. The number of carbonyl (C=O) groups excluding carboxylic acids is 2. The Morgan fingerprint density at radius 2 is 1.86 bits per heavy atom. The number of para-hydroxylation sites is 1. The lowest BCUT2D eigenvalue weighted by Gasteiger charge is -2.27. The number of nitrogens with one attached hydrogen (secondary N) is 1. The molecule has 0 radical (unpaired) electrons. The van der Waals surface area contributed by atoms with Crippen molar-refractivity contribution < 1.29 is 9.59 Å². The Balaban J connectivity index is 0.00000225. The van der Waals surface area contributed by atoms with Gasteiger partial charge in [-0.1, -0.05) is 18.2 Å². The second kappa shape index (κ2) is 8.23. The predicted octanol–water partition coefficient (Wildman–Crippen LogP) is 3.87. The van der Waals surface area contributed by atoms with Crippen molar-refractivity contribution in [2.24, 2.45) is 5.92 Å². The van der Waals surface area contributed by atoms with Crippen molar-refractivity contribution >= 4 is 35.6 Å². The van der Waals surface area contributed by atoms with E-state index in [4.69, 9.17) is 5.73 Å². The zero-order chi connectivity index (χ0) is 19.0. The number of anilines is 2. The van der Waals surface area contributed by atoms with Crippen molar-refractivity contribution in [3.05, 3.63) is 59.2 Å². The molecule has 1 saturated carbocycles. The van der Waals surface area contributed by atoms with Crippen LogP contribution in [-0.2, 0) is 11.2 Å². The molecule has 3 N–H and O–H groups in total. The zero-order valence-corrected chi connectivity index (χ0v) is 16.8. The summed E-state index contributed by atoms with van der Waals surface area (Å²) in [4.78, 5) is 27.1. The standard InChI is InChI=1S/C22H25N3O2.ClH/c1-25(22(27)14-9-10-14)20-8-3-2-6-18(20)21(26)24-19-7-4-5-15-13-16(23)11-12-17(15)19;/h2-3,6,8,11-14,19H,4-5,7,9-10,23H2,1H3,(H,24,26);1H. The molecule has 0 saturated heterocycles. The lowest BCUT2D eigenvalue weighted by molar-refractivity contribution is -0.119. The summed E-state index contributed by atoms with van der Waals surface area (Å²) in [5.41, 5.74) is 10.2. The van der Waals surface area contributed by atoms with Gasteiger partial charge in [-0.3, -0.25) is 9.59 Å². The second-order valence-electron chi connectivity index (χ2n) is 7.57. The predicted molar refractivity (Wildman–Crippen MR) is 114 cm³/mol. The summed E-state index contributed by atoms with van der Waals surface area (Å²) in [6.45, 7) is 0. The summed E-state index contributed by atoms with van der Waals surface area (Å²) in [5, 5.41) is 3.17. The Kier molecular flexibility index (Phi) is 5.94. The van der Waals surface area contributed by atoms with Crippen molar-refractivity contribution in [3.63, 3.8) is 0 Å². The third-order valence-corrected chi connectivity index (χ3v) is 5.55. The van der Waals surface area contributed by atoms with Gasteiger partial charge in [0.25, 0.3) is 5.91 Å². The molecule has 0 bridgehead atoms. The summed E-state index contributed by atoms with van der Waals surface area (Å²) >= 11 is 0. The average Bonchev–Trinajstić information content (AvgIpc) is 3.52. The van der Waals surface area contributed by atoms with E-state index in [-0.39, 0.29) is 36.2 Å². The topological polar surface area (TPSA) is 75.4 Å². The van der Waals surface area contributed by atoms with E-state index in [1.807, 2.05) is 36.4 Å². The average molecular weight is 400 g/mol. The molecule has 0 spiro atoms. The van der Waals surface area contributed by atoms with Crippen LogP contribution >= 0.6 is 12.4 Å². The molecule has 2 aliphatic carbocycles. The number of aryl methyl sites for hydroxylation is 1. The molecule has 1 fully saturated rings. The van der Waals surface area contributed by atoms with Crippen LogP contribution in [0.2, 0.25) is 0 Å². The van der Waals surface area contributed by atoms with Crippen LogP contribution in [0.15, 0.2) is 42.5 Å². The van der Waals surface area contributed by atoms with Crippen LogP contribution in [0.1, 0.15) is 53.2 Å². The molecule has 6 heteroatoms. The number of amides is 2. The van der Waals surface area contributed by atoms with Gasteiger partial charge in [0.15, 0.2) is 0 Å². The van der Waals surface area contributed by atoms with Gasteiger partial charge in [-0.05, 0) is 67.5 Å². The van der Waals surface area contributed by atoms with Crippen molar-refractivity contribution in [2.75, 3.05) is 17.7 Å². The monoisotopic (exact) mass is 399 g/mol. The lowest BCUT2D eigenvalue weighted by atomic mass is 9.87. The minimum Gasteiger partial charge on any atom is -0.399 e. The van der Waals surface area contributed by atoms with E-state index in [2.05, 4.69) is 5.32 Å². The molecular formula is C22H26ClN3O2. The highest BCUT2D eigenvalue weighted by atomic mass is 35.5. The van der Waals surface area contributed by atoms with E-state index in [1.165, 1.54) is 5.56 Å². The van der Waals surface area contributed by atoms with Crippen LogP contribution in [0.4, 0.5) is 11.4 Å². The van der Waals surface area contributed by atoms with Crippen LogP contribution in [0.25, 0.3) is 0 Å². The van der Waals surface area contributed by atoms with E-state index in [1.54, 1.807) is 18.0 Å². The molecular weight excluding hydrogens is 374 g/mol. The van der Waals surface area contributed by atoms with Gasteiger partial charge in [-0.15, -0.1) is 12.4 Å². The number of halogens is 1. The highest BCUT2D eigenvalue weighted by Gasteiger charge is 2.33. The highest BCUT2D eigenvalue weighted by Crippen LogP contribution is 2.34. The first-order valence-electron chi connectivity index (χ1n) is 9.60. The second-order valence-corrected chi connectivity index (χ2v) is 7.57. The zero-order valence-electron chi connectivity index (χ0n) is 16.0. The molecule has 28 heavy (non-hydrogen) atoms. The molecule has 1 atom stereocenters. The number of carbonyl (C=O) groups is 2. The first-order valence-corrected chi connectivity index (χ1v) is 9.60. The fourth-order valence-electron chi connectivity index (χ4n) is 3.90. The number of hydrogen-bond donors (Lipinski definition) is 2. The molecule has 5 nitrogen and oxygen atoms in total. The van der Waals surface area contributed by atoms with Crippen molar-refractivity contribution in [2.45, 2.75) is 38.1 Å². The van der Waals surface area contributed by atoms with Crippen molar-refractivity contribution in [1.82, 2.24) is 5.32 Å². The van der Waals surface area contributed by atoms with Crippen LogP contribution in [0.5, 0.6) is 0 Å². The number of rotatable bonds is 4. The highest BCUT2D eigenvalue weighted by molar-refractivity contribution is 6.05. The summed E-state index contributed by atoms with van der Waals surface area (Å²) in [6.07, 6.45) is 4.80. The molecule has 0 aliphatic heterocycles. The van der Waals surface area contributed by atoms with Gasteiger partial charge in [-0.25, -0.2) is 0 Å². The Hall–Kier alpha value is -2.53. The first-order chi connectivity index (χ1) is 13.0. The number of benzene rings is 2. The van der Waals surface area contributed by atoms with Crippen LogP contribution in [0, 0.1) is 5.92 Å². The largest absolute Gasteiger partial charge is 0.399 e. The fourth-order valence-corrected chi connectivity index (χ4v) is 3.90. The van der Waals surface area contributed by atoms with Crippen LogP contribution in [0.3, 0.4) is 0 Å². The molecule has 2 aromatic rings. The van der Waals surface area contributed by atoms with Gasteiger partial charge in [0.2, 0.25) is 5.91 Å². The Labute approximate surface area is 171 Å². The summed E-state index contributed by atoms with van der Waals surface area (Å²) < 4.78 is 0. The maximum absolute atomic E-state index is 13.0. The molecule has 148 valence electrons. The molecule has 2 amide bonds. The van der Waals surface area contributed by atoms with Crippen molar-refractivity contribution in [1.29, 1.82) is 0 Å². The molecule has 4 rings (SSSR count). The molecule has 0 heterocycles. The number of fused-ring (bicyclic) bond motifs is 1.